The van der Waals surface area contributed by atoms with Gasteiger partial charge < -0.3 is 14.3 Å². The summed E-state index contributed by atoms with van der Waals surface area (Å²) in [4.78, 5) is 11.3. The molecule has 3 heterocycles. The lowest BCUT2D eigenvalue weighted by atomic mass is 9.87. The number of carboxylic acids is 1. The number of fused-ring (bicyclic) bond motifs is 2. The van der Waals surface area contributed by atoms with E-state index in [-0.39, 0.29) is 42.9 Å². The van der Waals surface area contributed by atoms with Crippen LogP contribution in [0.3, 0.4) is 0 Å². The number of allylic oxidation sites excluding steroid dienone is 2. The van der Waals surface area contributed by atoms with Crippen LogP contribution in [0.25, 0.3) is 11.6 Å². The highest BCUT2D eigenvalue weighted by molar-refractivity contribution is 5.84. The van der Waals surface area contributed by atoms with Gasteiger partial charge in [-0.15, -0.1) is 0 Å². The van der Waals surface area contributed by atoms with Gasteiger partial charge in [-0.25, -0.2) is 4.79 Å². The molecule has 156 valence electrons. The minimum atomic E-state index is -4.26. The predicted octanol–water partition coefficient (Wildman–Crippen LogP) is 4.92. The van der Waals surface area contributed by atoms with Gasteiger partial charge in [-0.05, 0) is 49.1 Å². The Morgan fingerprint density at radius 3 is 2.70 bits per heavy atom. The number of aromatic nitrogens is 1. The molecule has 0 spiro atoms. The van der Waals surface area contributed by atoms with Crippen molar-refractivity contribution in [1.82, 2.24) is 4.57 Å². The maximum atomic E-state index is 13.3. The van der Waals surface area contributed by atoms with Crippen molar-refractivity contribution >= 4 is 11.7 Å². The van der Waals surface area contributed by atoms with Crippen molar-refractivity contribution in [3.8, 4) is 5.88 Å². The molecule has 1 N–H and O–H groups in total. The largest absolute Gasteiger partial charge is 0.484 e. The van der Waals surface area contributed by atoms with Crippen LogP contribution >= 0.6 is 0 Å². The Morgan fingerprint density at radius 1 is 1.20 bits per heavy atom. The monoisotopic (exact) mass is 417 g/mol. The molecule has 0 fully saturated rings. The smallest absolute Gasteiger partial charge is 0.392 e. The van der Waals surface area contributed by atoms with E-state index in [9.17, 15) is 23.1 Å². The Hall–Kier alpha value is -3.16. The van der Waals surface area contributed by atoms with Crippen LogP contribution in [0.1, 0.15) is 33.9 Å². The molecule has 30 heavy (non-hydrogen) atoms. The average molecular weight is 417 g/mol. The SMILES string of the molecule is O=C(O)c1ccc(-n2c(C3=CC4C=CC=CC4O3)cc3c2CCC(C(F)(F)F)C3)o1. The Kier molecular flexibility index (Phi) is 4.20. The summed E-state index contributed by atoms with van der Waals surface area (Å²) in [6.07, 6.45) is 5.32. The van der Waals surface area contributed by atoms with E-state index in [0.717, 1.165) is 0 Å². The molecule has 0 bridgehead atoms. The summed E-state index contributed by atoms with van der Waals surface area (Å²) in [5.41, 5.74) is 1.85. The summed E-state index contributed by atoms with van der Waals surface area (Å²) in [6.45, 7) is 0. The molecule has 8 heteroatoms. The number of furan rings is 1. The highest BCUT2D eigenvalue weighted by atomic mass is 19.4. The fraction of sp³-hybridized carbons (Fsp3) is 0.318. The minimum absolute atomic E-state index is 0.0247. The normalized spacial score (nSPS) is 24.9. The van der Waals surface area contributed by atoms with E-state index < -0.39 is 18.1 Å². The first-order valence-electron chi connectivity index (χ1n) is 9.69. The first kappa shape index (κ1) is 18.8. The number of ether oxygens (including phenoxy) is 1. The number of nitrogens with zero attached hydrogens (tertiary/aromatic N) is 1. The molecule has 0 radical (unpaired) electrons. The van der Waals surface area contributed by atoms with Crippen LogP contribution in [-0.2, 0) is 17.6 Å². The van der Waals surface area contributed by atoms with Gasteiger partial charge >= 0.3 is 12.1 Å². The summed E-state index contributed by atoms with van der Waals surface area (Å²) < 4.78 is 53.2. The number of carboxylic acid groups (broad SMARTS) is 1. The van der Waals surface area contributed by atoms with E-state index in [1.165, 1.54) is 12.1 Å². The molecule has 2 aliphatic carbocycles. The lowest BCUT2D eigenvalue weighted by molar-refractivity contribution is -0.177. The molecule has 5 nitrogen and oxygen atoms in total. The van der Waals surface area contributed by atoms with Gasteiger partial charge in [0.15, 0.2) is 0 Å². The van der Waals surface area contributed by atoms with E-state index in [4.69, 9.17) is 9.15 Å². The zero-order chi connectivity index (χ0) is 21.0. The summed E-state index contributed by atoms with van der Waals surface area (Å²) in [5, 5.41) is 9.20. The second kappa shape index (κ2) is 6.68. The molecule has 2 aromatic heterocycles. The second-order valence-electron chi connectivity index (χ2n) is 7.72. The van der Waals surface area contributed by atoms with Gasteiger partial charge in [0.2, 0.25) is 11.6 Å². The predicted molar refractivity (Wildman–Crippen MR) is 101 cm³/mol. The molecule has 0 saturated heterocycles. The van der Waals surface area contributed by atoms with Crippen LogP contribution < -0.4 is 0 Å². The summed E-state index contributed by atoms with van der Waals surface area (Å²) in [5.74, 6) is -2.00. The van der Waals surface area contributed by atoms with Gasteiger partial charge in [0, 0.05) is 17.7 Å². The highest BCUT2D eigenvalue weighted by Crippen LogP contribution is 2.42. The number of halogens is 3. The maximum absolute atomic E-state index is 13.3. The van der Waals surface area contributed by atoms with Crippen LogP contribution in [0.4, 0.5) is 13.2 Å². The van der Waals surface area contributed by atoms with Crippen molar-refractivity contribution in [3.63, 3.8) is 0 Å². The fourth-order valence-corrected chi connectivity index (χ4v) is 4.38. The van der Waals surface area contributed by atoms with Crippen molar-refractivity contribution in [1.29, 1.82) is 0 Å². The molecule has 5 rings (SSSR count). The highest BCUT2D eigenvalue weighted by Gasteiger charge is 2.43. The number of alkyl halides is 3. The third-order valence-corrected chi connectivity index (χ3v) is 5.86. The molecule has 3 unspecified atom stereocenters. The van der Waals surface area contributed by atoms with E-state index in [2.05, 4.69) is 0 Å². The molecule has 0 saturated carbocycles. The van der Waals surface area contributed by atoms with Gasteiger partial charge in [-0.1, -0.05) is 18.2 Å². The molecule has 2 aromatic rings. The van der Waals surface area contributed by atoms with Gasteiger partial charge in [-0.2, -0.15) is 13.2 Å². The standard InChI is InChI=1S/C22H18F3NO4/c23-22(24,25)14-5-6-15-13(9-14)10-16(19-11-12-3-1-2-4-17(12)29-19)26(15)20-8-7-18(30-20)21(27)28/h1-4,7-8,10-12,14,17H,5-6,9H2,(H,27,28). The molecular weight excluding hydrogens is 399 g/mol. The Bertz CT molecular complexity index is 1100. The summed E-state index contributed by atoms with van der Waals surface area (Å²) in [6, 6.07) is 4.57. The topological polar surface area (TPSA) is 64.6 Å². The van der Waals surface area contributed by atoms with E-state index in [0.29, 0.717) is 22.7 Å². The van der Waals surface area contributed by atoms with Gasteiger partial charge in [0.1, 0.15) is 11.9 Å². The number of rotatable bonds is 3. The zero-order valence-corrected chi connectivity index (χ0v) is 15.7. The van der Waals surface area contributed by atoms with Crippen molar-refractivity contribution in [3.05, 3.63) is 71.3 Å². The molecule has 3 atom stereocenters. The van der Waals surface area contributed by atoms with E-state index >= 15 is 0 Å². The zero-order valence-electron chi connectivity index (χ0n) is 15.7. The Labute approximate surface area is 169 Å². The Balaban J connectivity index is 1.61. The quantitative estimate of drug-likeness (QED) is 0.770. The van der Waals surface area contributed by atoms with Gasteiger partial charge in [0.05, 0.1) is 11.6 Å². The first-order valence-corrected chi connectivity index (χ1v) is 9.69. The van der Waals surface area contributed by atoms with Crippen molar-refractivity contribution < 1.29 is 32.2 Å². The lowest BCUT2D eigenvalue weighted by Crippen LogP contribution is -2.29. The first-order chi connectivity index (χ1) is 14.3. The molecule has 3 aliphatic rings. The lowest BCUT2D eigenvalue weighted by Gasteiger charge is -2.25. The van der Waals surface area contributed by atoms with Crippen LogP contribution in [0, 0.1) is 11.8 Å². The average Bonchev–Trinajstić information content (AvgIpc) is 3.41. The van der Waals surface area contributed by atoms with Crippen molar-refractivity contribution in [2.24, 2.45) is 11.8 Å². The number of carbonyl (C=O) groups is 1. The van der Waals surface area contributed by atoms with Crippen molar-refractivity contribution in [2.75, 3.05) is 0 Å². The summed E-state index contributed by atoms with van der Waals surface area (Å²) >= 11 is 0. The van der Waals surface area contributed by atoms with Crippen LogP contribution in [0.2, 0.25) is 0 Å². The van der Waals surface area contributed by atoms with Crippen LogP contribution in [0.5, 0.6) is 0 Å². The third-order valence-electron chi connectivity index (χ3n) is 5.86. The Morgan fingerprint density at radius 2 is 2.00 bits per heavy atom. The minimum Gasteiger partial charge on any atom is -0.484 e. The summed E-state index contributed by atoms with van der Waals surface area (Å²) in [7, 11) is 0. The van der Waals surface area contributed by atoms with Crippen LogP contribution in [0.15, 0.2) is 53.0 Å². The van der Waals surface area contributed by atoms with Gasteiger partial charge in [0.25, 0.3) is 0 Å². The second-order valence-corrected chi connectivity index (χ2v) is 7.72. The third kappa shape index (κ3) is 3.07. The molecular formula is C22H18F3NO4. The van der Waals surface area contributed by atoms with Crippen molar-refractivity contribution in [2.45, 2.75) is 31.5 Å². The number of hydrogen-bond donors (Lipinski definition) is 1. The van der Waals surface area contributed by atoms with Gasteiger partial charge in [-0.3, -0.25) is 4.57 Å². The fourth-order valence-electron chi connectivity index (χ4n) is 4.38. The molecule has 0 amide bonds. The molecule has 1 aliphatic heterocycles. The molecule has 0 aromatic carbocycles. The van der Waals surface area contributed by atoms with Crippen LogP contribution in [-0.4, -0.2) is 27.9 Å². The number of hydrogen-bond acceptors (Lipinski definition) is 3. The van der Waals surface area contributed by atoms with E-state index in [1.54, 1.807) is 10.6 Å². The maximum Gasteiger partial charge on any atom is 0.392 e. The van der Waals surface area contributed by atoms with E-state index in [1.807, 2.05) is 30.4 Å². The number of aromatic carboxylic acids is 1.